The van der Waals surface area contributed by atoms with Crippen molar-refractivity contribution in [3.63, 3.8) is 0 Å². The molecule has 54 valence electrons. The molecule has 0 unspecified atom stereocenters. The molecule has 10 heavy (non-hydrogen) atoms. The first-order chi connectivity index (χ1) is 4.68. The number of hydrogen-bond acceptors (Lipinski definition) is 3. The topological polar surface area (TPSA) is 44.1 Å². The fourth-order valence-corrected chi connectivity index (χ4v) is 0.589. The molecule has 0 bridgehead atoms. The van der Waals surface area contributed by atoms with E-state index in [1.807, 2.05) is 0 Å². The Balaban J connectivity index is 2.67. The predicted molar refractivity (Wildman–Crippen MR) is 34.5 cm³/mol. The van der Waals surface area contributed by atoms with Crippen molar-refractivity contribution in [3.05, 3.63) is 12.5 Å². The Kier molecular flexibility index (Phi) is 1.71. The van der Waals surface area contributed by atoms with Crippen LogP contribution < -0.4 is 4.74 Å². The van der Waals surface area contributed by atoms with Crippen LogP contribution in [0.25, 0.3) is 0 Å². The van der Waals surface area contributed by atoms with E-state index in [1.165, 1.54) is 6.92 Å². The predicted octanol–water partition coefficient (Wildman–Crippen LogP) is 0.345. The highest BCUT2D eigenvalue weighted by molar-refractivity contribution is 5.68. The van der Waals surface area contributed by atoms with Gasteiger partial charge >= 0.3 is 5.97 Å². The molecule has 0 saturated carbocycles. The highest BCUT2D eigenvalue weighted by atomic mass is 16.5. The van der Waals surface area contributed by atoms with Gasteiger partial charge in [0, 0.05) is 14.0 Å². The van der Waals surface area contributed by atoms with E-state index in [0.717, 1.165) is 0 Å². The average molecular weight is 140 g/mol. The number of carbonyl (C=O) groups is 1. The second kappa shape index (κ2) is 2.51. The molecule has 0 spiro atoms. The Hall–Kier alpha value is -1.32. The van der Waals surface area contributed by atoms with E-state index in [2.05, 4.69) is 9.72 Å². The van der Waals surface area contributed by atoms with Crippen molar-refractivity contribution in [2.75, 3.05) is 0 Å². The number of esters is 1. The maximum absolute atomic E-state index is 10.4. The summed E-state index contributed by atoms with van der Waals surface area (Å²) in [7, 11) is 1.81. The molecule has 0 aliphatic carbocycles. The van der Waals surface area contributed by atoms with E-state index in [-0.39, 0.29) is 5.97 Å². The summed E-state index contributed by atoms with van der Waals surface area (Å²) < 4.78 is 6.37. The van der Waals surface area contributed by atoms with E-state index in [4.69, 9.17) is 0 Å². The number of rotatable bonds is 1. The lowest BCUT2D eigenvalue weighted by atomic mass is 10.7. The van der Waals surface area contributed by atoms with Crippen molar-refractivity contribution in [3.8, 4) is 5.88 Å². The van der Waals surface area contributed by atoms with E-state index >= 15 is 0 Å². The Morgan fingerprint density at radius 2 is 2.50 bits per heavy atom. The number of imidazole rings is 1. The summed E-state index contributed by atoms with van der Waals surface area (Å²) in [6.07, 6.45) is 3.19. The van der Waals surface area contributed by atoms with Crippen LogP contribution in [-0.2, 0) is 11.8 Å². The minimum atomic E-state index is -0.348. The third kappa shape index (κ3) is 1.58. The van der Waals surface area contributed by atoms with Crippen molar-refractivity contribution in [1.29, 1.82) is 0 Å². The van der Waals surface area contributed by atoms with E-state index in [0.29, 0.717) is 5.88 Å². The Morgan fingerprint density at radius 1 is 1.80 bits per heavy atom. The molecule has 1 rings (SSSR count). The Morgan fingerprint density at radius 3 is 2.90 bits per heavy atom. The number of hydrogen-bond donors (Lipinski definition) is 0. The van der Waals surface area contributed by atoms with Crippen LogP contribution in [0.5, 0.6) is 5.88 Å². The van der Waals surface area contributed by atoms with Crippen LogP contribution in [0.2, 0.25) is 0 Å². The van der Waals surface area contributed by atoms with Gasteiger partial charge in [-0.3, -0.25) is 4.79 Å². The molecule has 1 aromatic rings. The van der Waals surface area contributed by atoms with Gasteiger partial charge in [-0.15, -0.1) is 0 Å². The van der Waals surface area contributed by atoms with Gasteiger partial charge in [-0.05, 0) is 0 Å². The quantitative estimate of drug-likeness (QED) is 0.528. The van der Waals surface area contributed by atoms with Crippen LogP contribution >= 0.6 is 0 Å². The average Bonchev–Trinajstić information content (AvgIpc) is 2.13. The highest BCUT2D eigenvalue weighted by Crippen LogP contribution is 2.03. The van der Waals surface area contributed by atoms with Gasteiger partial charge in [0.25, 0.3) is 0 Å². The molecule has 0 amide bonds. The Bertz CT molecular complexity index is 242. The summed E-state index contributed by atoms with van der Waals surface area (Å²) in [5, 5.41) is 0. The molecule has 0 N–H and O–H groups in total. The molecule has 4 heteroatoms. The zero-order valence-electron chi connectivity index (χ0n) is 5.87. The lowest BCUT2D eigenvalue weighted by Gasteiger charge is -1.91. The van der Waals surface area contributed by atoms with E-state index in [1.54, 1.807) is 24.1 Å². The number of ether oxygens (including phenoxy) is 1. The molecule has 1 heterocycles. The van der Waals surface area contributed by atoms with Crippen LogP contribution in [0, 0.1) is 0 Å². The minimum absolute atomic E-state index is 0.343. The molecule has 0 aliphatic heterocycles. The van der Waals surface area contributed by atoms with Crippen LogP contribution in [0.4, 0.5) is 0 Å². The van der Waals surface area contributed by atoms with Crippen LogP contribution in [0.15, 0.2) is 12.5 Å². The van der Waals surface area contributed by atoms with Gasteiger partial charge < -0.3 is 9.30 Å². The maximum atomic E-state index is 10.4. The van der Waals surface area contributed by atoms with Gasteiger partial charge in [-0.1, -0.05) is 0 Å². The highest BCUT2D eigenvalue weighted by Gasteiger charge is 1.98. The van der Waals surface area contributed by atoms with Crippen LogP contribution in [-0.4, -0.2) is 15.5 Å². The van der Waals surface area contributed by atoms with Gasteiger partial charge in [0.15, 0.2) is 0 Å². The van der Waals surface area contributed by atoms with E-state index < -0.39 is 0 Å². The van der Waals surface area contributed by atoms with Gasteiger partial charge in [0.2, 0.25) is 5.88 Å². The molecule has 0 aliphatic rings. The molecule has 4 nitrogen and oxygen atoms in total. The van der Waals surface area contributed by atoms with Crippen LogP contribution in [0.3, 0.4) is 0 Å². The number of nitrogens with zero attached hydrogens (tertiary/aromatic N) is 2. The van der Waals surface area contributed by atoms with Crippen LogP contribution in [0.1, 0.15) is 6.92 Å². The Labute approximate surface area is 58.4 Å². The molecule has 0 atom stereocenters. The first-order valence-electron chi connectivity index (χ1n) is 2.85. The second-order valence-corrected chi connectivity index (χ2v) is 1.97. The zero-order chi connectivity index (χ0) is 7.56. The normalized spacial score (nSPS) is 9.40. The standard InChI is InChI=1S/C6H8N2O2/c1-5(9)10-6-3-8(2)4-7-6/h3-4H,1-2H3. The fraction of sp³-hybridized carbons (Fsp3) is 0.333. The number of aryl methyl sites for hydroxylation is 1. The van der Waals surface area contributed by atoms with Crippen molar-refractivity contribution in [1.82, 2.24) is 9.55 Å². The largest absolute Gasteiger partial charge is 0.406 e. The zero-order valence-corrected chi connectivity index (χ0v) is 5.87. The second-order valence-electron chi connectivity index (χ2n) is 1.97. The third-order valence-corrected chi connectivity index (χ3v) is 0.929. The molecular formula is C6H8N2O2. The van der Waals surface area contributed by atoms with Crippen molar-refractivity contribution < 1.29 is 9.53 Å². The molecular weight excluding hydrogens is 132 g/mol. The minimum Gasteiger partial charge on any atom is -0.406 e. The first kappa shape index (κ1) is 6.80. The van der Waals surface area contributed by atoms with E-state index in [9.17, 15) is 4.79 Å². The summed E-state index contributed by atoms with van der Waals surface area (Å²) >= 11 is 0. The van der Waals surface area contributed by atoms with Crippen molar-refractivity contribution >= 4 is 5.97 Å². The maximum Gasteiger partial charge on any atom is 0.309 e. The number of carbonyl (C=O) groups excluding carboxylic acids is 1. The first-order valence-corrected chi connectivity index (χ1v) is 2.85. The monoisotopic (exact) mass is 140 g/mol. The fourth-order valence-electron chi connectivity index (χ4n) is 0.589. The molecule has 0 aromatic carbocycles. The molecule has 0 saturated heterocycles. The van der Waals surface area contributed by atoms with Crippen molar-refractivity contribution in [2.45, 2.75) is 6.92 Å². The van der Waals surface area contributed by atoms with Gasteiger partial charge in [0.05, 0.1) is 12.5 Å². The lowest BCUT2D eigenvalue weighted by molar-refractivity contribution is -0.132. The molecule has 0 fully saturated rings. The van der Waals surface area contributed by atoms with Gasteiger partial charge in [-0.2, -0.15) is 0 Å². The third-order valence-electron chi connectivity index (χ3n) is 0.929. The SMILES string of the molecule is CC(=O)Oc1cn(C)cn1. The van der Waals surface area contributed by atoms with Crippen molar-refractivity contribution in [2.24, 2.45) is 7.05 Å². The smallest absolute Gasteiger partial charge is 0.309 e. The van der Waals surface area contributed by atoms with Gasteiger partial charge in [-0.25, -0.2) is 4.98 Å². The summed E-state index contributed by atoms with van der Waals surface area (Å²) in [6.45, 7) is 1.34. The lowest BCUT2D eigenvalue weighted by Crippen LogP contribution is -2.01. The molecule has 1 aromatic heterocycles. The number of aromatic nitrogens is 2. The summed E-state index contributed by atoms with van der Waals surface area (Å²) in [5.74, 6) is -0.00583. The van der Waals surface area contributed by atoms with Gasteiger partial charge in [0.1, 0.15) is 0 Å². The summed E-state index contributed by atoms with van der Waals surface area (Å²) in [5.41, 5.74) is 0. The molecule has 0 radical (unpaired) electrons. The summed E-state index contributed by atoms with van der Waals surface area (Å²) in [6, 6.07) is 0. The summed E-state index contributed by atoms with van der Waals surface area (Å²) in [4.78, 5) is 14.1.